The van der Waals surface area contributed by atoms with Gasteiger partial charge < -0.3 is 15.7 Å². The number of urea groups is 1. The first kappa shape index (κ1) is 17.0. The second-order valence-electron chi connectivity index (χ2n) is 5.52. The minimum Gasteiger partial charge on any atom is -0.388 e. The summed E-state index contributed by atoms with van der Waals surface area (Å²) < 4.78 is 13.1. The lowest BCUT2D eigenvalue weighted by molar-refractivity contribution is 0.154. The minimum absolute atomic E-state index is 0.197. The summed E-state index contributed by atoms with van der Waals surface area (Å²) in [7, 11) is 0. The molecule has 23 heavy (non-hydrogen) atoms. The molecule has 0 spiro atoms. The van der Waals surface area contributed by atoms with Gasteiger partial charge in [-0.15, -0.1) is 0 Å². The third-order valence-electron chi connectivity index (χ3n) is 3.48. The molecule has 2 aromatic rings. The van der Waals surface area contributed by atoms with Gasteiger partial charge in [0.15, 0.2) is 0 Å². The van der Waals surface area contributed by atoms with Gasteiger partial charge in [-0.3, -0.25) is 0 Å². The van der Waals surface area contributed by atoms with Gasteiger partial charge in [0, 0.05) is 12.6 Å². The van der Waals surface area contributed by atoms with E-state index in [-0.39, 0.29) is 24.4 Å². The van der Waals surface area contributed by atoms with Crippen LogP contribution in [0.3, 0.4) is 0 Å². The Bertz CT molecular complexity index is 634. The molecule has 0 saturated heterocycles. The van der Waals surface area contributed by atoms with Crippen LogP contribution in [0.15, 0.2) is 54.6 Å². The number of nitrogens with one attached hydrogen (secondary N) is 2. The molecular weight excluding hydrogens is 295 g/mol. The first-order valence-corrected chi connectivity index (χ1v) is 7.56. The van der Waals surface area contributed by atoms with Crippen molar-refractivity contribution in [1.29, 1.82) is 0 Å². The highest BCUT2D eigenvalue weighted by Gasteiger charge is 2.14. The van der Waals surface area contributed by atoms with Crippen molar-refractivity contribution in [3.8, 4) is 0 Å². The first-order valence-electron chi connectivity index (χ1n) is 7.56. The number of aliphatic hydroxyl groups excluding tert-OH is 1. The van der Waals surface area contributed by atoms with E-state index in [0.717, 1.165) is 5.56 Å². The molecular formula is C18H21FN2O2. The van der Waals surface area contributed by atoms with Crippen molar-refractivity contribution in [2.24, 2.45) is 0 Å². The Morgan fingerprint density at radius 3 is 2.61 bits per heavy atom. The number of rotatable bonds is 6. The molecule has 122 valence electrons. The maximum atomic E-state index is 13.1. The summed E-state index contributed by atoms with van der Waals surface area (Å²) in [6.45, 7) is 2.07. The number of carbonyl (C=O) groups is 1. The highest BCUT2D eigenvalue weighted by Crippen LogP contribution is 2.17. The molecule has 0 heterocycles. The van der Waals surface area contributed by atoms with Gasteiger partial charge in [-0.05, 0) is 36.6 Å². The third kappa shape index (κ3) is 5.71. The highest BCUT2D eigenvalue weighted by molar-refractivity contribution is 5.74. The lowest BCUT2D eigenvalue weighted by atomic mass is 10.0. The zero-order valence-electron chi connectivity index (χ0n) is 13.0. The normalized spacial score (nSPS) is 13.2. The van der Waals surface area contributed by atoms with Crippen LogP contribution in [0.25, 0.3) is 0 Å². The summed E-state index contributed by atoms with van der Waals surface area (Å²) in [5.74, 6) is -0.330. The molecule has 2 unspecified atom stereocenters. The molecule has 0 aliphatic rings. The summed E-state index contributed by atoms with van der Waals surface area (Å²) in [4.78, 5) is 11.8. The Kier molecular flexibility index (Phi) is 6.11. The lowest BCUT2D eigenvalue weighted by Gasteiger charge is -2.18. The number of hydrogen-bond acceptors (Lipinski definition) is 2. The van der Waals surface area contributed by atoms with Gasteiger partial charge >= 0.3 is 6.03 Å². The van der Waals surface area contributed by atoms with E-state index in [4.69, 9.17) is 0 Å². The number of halogens is 1. The van der Waals surface area contributed by atoms with Crippen molar-refractivity contribution in [3.63, 3.8) is 0 Å². The molecule has 0 aromatic heterocycles. The largest absolute Gasteiger partial charge is 0.388 e. The Morgan fingerprint density at radius 2 is 1.91 bits per heavy atom. The van der Waals surface area contributed by atoms with Crippen LogP contribution in [0.1, 0.15) is 30.6 Å². The van der Waals surface area contributed by atoms with Crippen LogP contribution in [0.5, 0.6) is 0 Å². The van der Waals surface area contributed by atoms with E-state index in [1.54, 1.807) is 12.1 Å². The van der Waals surface area contributed by atoms with Gasteiger partial charge in [0.1, 0.15) is 5.82 Å². The second-order valence-corrected chi connectivity index (χ2v) is 5.52. The Hall–Kier alpha value is -2.40. The fourth-order valence-electron chi connectivity index (χ4n) is 2.31. The molecule has 2 amide bonds. The highest BCUT2D eigenvalue weighted by atomic mass is 19.1. The zero-order valence-corrected chi connectivity index (χ0v) is 13.0. The van der Waals surface area contributed by atoms with Crippen LogP contribution in [0, 0.1) is 5.82 Å². The SMILES string of the molecule is CC(CC(O)c1ccccc1)NC(=O)NCc1cccc(F)c1. The van der Waals surface area contributed by atoms with Crippen LogP contribution in [-0.4, -0.2) is 17.2 Å². The predicted octanol–water partition coefficient (Wildman–Crippen LogP) is 3.14. The maximum absolute atomic E-state index is 13.1. The molecule has 4 nitrogen and oxygen atoms in total. The number of amides is 2. The number of hydrogen-bond donors (Lipinski definition) is 3. The Morgan fingerprint density at radius 1 is 1.17 bits per heavy atom. The van der Waals surface area contributed by atoms with E-state index in [1.165, 1.54) is 12.1 Å². The fraction of sp³-hybridized carbons (Fsp3) is 0.278. The molecule has 0 radical (unpaired) electrons. The van der Waals surface area contributed by atoms with Gasteiger partial charge in [0.25, 0.3) is 0 Å². The van der Waals surface area contributed by atoms with Crippen molar-refractivity contribution in [3.05, 3.63) is 71.5 Å². The van der Waals surface area contributed by atoms with Gasteiger partial charge in [0.2, 0.25) is 0 Å². The molecule has 0 bridgehead atoms. The van der Waals surface area contributed by atoms with Gasteiger partial charge in [-0.1, -0.05) is 42.5 Å². The molecule has 2 aromatic carbocycles. The van der Waals surface area contributed by atoms with Crippen molar-refractivity contribution in [1.82, 2.24) is 10.6 Å². The maximum Gasteiger partial charge on any atom is 0.315 e. The van der Waals surface area contributed by atoms with Crippen molar-refractivity contribution < 1.29 is 14.3 Å². The van der Waals surface area contributed by atoms with E-state index in [1.807, 2.05) is 37.3 Å². The number of aliphatic hydroxyl groups is 1. The molecule has 2 atom stereocenters. The summed E-state index contributed by atoms with van der Waals surface area (Å²) in [5, 5.41) is 15.6. The topological polar surface area (TPSA) is 61.4 Å². The smallest absolute Gasteiger partial charge is 0.315 e. The molecule has 0 aliphatic heterocycles. The van der Waals surface area contributed by atoms with Crippen LogP contribution < -0.4 is 10.6 Å². The summed E-state index contributed by atoms with van der Waals surface area (Å²) in [5.41, 5.74) is 1.51. The molecule has 3 N–H and O–H groups in total. The monoisotopic (exact) mass is 316 g/mol. The quantitative estimate of drug-likeness (QED) is 0.767. The van der Waals surface area contributed by atoms with Crippen LogP contribution in [-0.2, 0) is 6.54 Å². The van der Waals surface area contributed by atoms with E-state index in [9.17, 15) is 14.3 Å². The van der Waals surface area contributed by atoms with Crippen LogP contribution in [0.2, 0.25) is 0 Å². The molecule has 0 aliphatic carbocycles. The Labute approximate surface area is 135 Å². The standard InChI is InChI=1S/C18H21FN2O2/c1-13(10-17(22)15-7-3-2-4-8-15)21-18(23)20-12-14-6-5-9-16(19)11-14/h2-9,11,13,17,22H,10,12H2,1H3,(H2,20,21,23). The molecule has 0 saturated carbocycles. The predicted molar refractivity (Wildman–Crippen MR) is 87.3 cm³/mol. The van der Waals surface area contributed by atoms with E-state index < -0.39 is 6.10 Å². The van der Waals surface area contributed by atoms with E-state index in [2.05, 4.69) is 10.6 Å². The van der Waals surface area contributed by atoms with Crippen molar-refractivity contribution in [2.75, 3.05) is 0 Å². The van der Waals surface area contributed by atoms with Gasteiger partial charge in [-0.2, -0.15) is 0 Å². The average Bonchev–Trinajstić information content (AvgIpc) is 2.53. The van der Waals surface area contributed by atoms with Crippen LogP contribution >= 0.6 is 0 Å². The average molecular weight is 316 g/mol. The summed E-state index contributed by atoms with van der Waals surface area (Å²) >= 11 is 0. The van der Waals surface area contributed by atoms with E-state index >= 15 is 0 Å². The summed E-state index contributed by atoms with van der Waals surface area (Å²) in [6.07, 6.45) is -0.216. The lowest BCUT2D eigenvalue weighted by Crippen LogP contribution is -2.41. The Balaban J connectivity index is 1.76. The fourth-order valence-corrected chi connectivity index (χ4v) is 2.31. The van der Waals surface area contributed by atoms with Gasteiger partial charge in [0.05, 0.1) is 6.10 Å². The van der Waals surface area contributed by atoms with Crippen molar-refractivity contribution >= 4 is 6.03 Å². The summed E-state index contributed by atoms with van der Waals surface area (Å²) in [6, 6.07) is 14.8. The number of benzene rings is 2. The molecule has 2 rings (SSSR count). The minimum atomic E-state index is -0.630. The van der Waals surface area contributed by atoms with Crippen LogP contribution in [0.4, 0.5) is 9.18 Å². The third-order valence-corrected chi connectivity index (χ3v) is 3.48. The second kappa shape index (κ2) is 8.29. The molecule has 5 heteroatoms. The number of carbonyl (C=O) groups excluding carboxylic acids is 1. The first-order chi connectivity index (χ1) is 11.0. The van der Waals surface area contributed by atoms with Gasteiger partial charge in [-0.25, -0.2) is 9.18 Å². The van der Waals surface area contributed by atoms with Crippen molar-refractivity contribution in [2.45, 2.75) is 32.0 Å². The molecule has 0 fully saturated rings. The zero-order chi connectivity index (χ0) is 16.7. The van der Waals surface area contributed by atoms with E-state index in [0.29, 0.717) is 12.0 Å².